The van der Waals surface area contributed by atoms with Gasteiger partial charge in [-0.05, 0) is 6.42 Å². The highest BCUT2D eigenvalue weighted by atomic mass is 15.5. The molecule has 1 aliphatic rings. The molecule has 26 heavy (non-hydrogen) atoms. The summed E-state index contributed by atoms with van der Waals surface area (Å²) >= 11 is 0. The van der Waals surface area contributed by atoms with Crippen LogP contribution in [0.4, 0.5) is 0 Å². The van der Waals surface area contributed by atoms with Crippen LogP contribution in [0.1, 0.15) is 123 Å². The van der Waals surface area contributed by atoms with Gasteiger partial charge in [0.05, 0.1) is 13.1 Å². The van der Waals surface area contributed by atoms with Gasteiger partial charge in [-0.3, -0.25) is 10.0 Å². The van der Waals surface area contributed by atoms with E-state index in [1.807, 2.05) is 0 Å². The van der Waals surface area contributed by atoms with Gasteiger partial charge in [0.1, 0.15) is 5.84 Å². The first kappa shape index (κ1) is 23.5. The number of unbranched alkanes of at least 4 members (excludes halogenated alkanes) is 15. The van der Waals surface area contributed by atoms with Gasteiger partial charge in [0.25, 0.3) is 0 Å². The monoisotopic (exact) mass is 365 g/mol. The lowest BCUT2D eigenvalue weighted by molar-refractivity contribution is 0.336. The van der Waals surface area contributed by atoms with Crippen molar-refractivity contribution in [2.45, 2.75) is 123 Å². The summed E-state index contributed by atoms with van der Waals surface area (Å²) in [6, 6.07) is 0. The first-order valence-corrected chi connectivity index (χ1v) is 11.9. The first-order chi connectivity index (χ1) is 12.9. The van der Waals surface area contributed by atoms with Crippen LogP contribution in [0.15, 0.2) is 4.99 Å². The summed E-state index contributed by atoms with van der Waals surface area (Å²) in [5.74, 6) is 1.29. The fraction of sp³-hybridized carbons (Fsp3) is 0.957. The molecule has 1 N–H and O–H groups in total. The quantitative estimate of drug-likeness (QED) is 0.253. The second kappa shape index (κ2) is 17.8. The molecule has 3 heteroatoms. The Hall–Kier alpha value is -0.570. The van der Waals surface area contributed by atoms with Crippen LogP contribution in [0.25, 0.3) is 0 Å². The van der Waals surface area contributed by atoms with Crippen LogP contribution in [0.2, 0.25) is 0 Å². The molecule has 1 aliphatic heterocycles. The van der Waals surface area contributed by atoms with E-state index in [1.165, 1.54) is 109 Å². The van der Waals surface area contributed by atoms with Crippen LogP contribution >= 0.6 is 0 Å². The molecule has 0 radical (unpaired) electrons. The smallest absolute Gasteiger partial charge is 0.113 e. The zero-order chi connectivity index (χ0) is 18.7. The molecule has 1 rings (SSSR count). The van der Waals surface area contributed by atoms with Gasteiger partial charge in [0.15, 0.2) is 0 Å². The number of aliphatic imine (C=N–C) groups is 1. The highest BCUT2D eigenvalue weighted by Crippen LogP contribution is 2.14. The minimum Gasteiger partial charge on any atom is -0.294 e. The van der Waals surface area contributed by atoms with Crippen molar-refractivity contribution in [3.8, 4) is 0 Å². The van der Waals surface area contributed by atoms with Crippen molar-refractivity contribution in [3.63, 3.8) is 0 Å². The van der Waals surface area contributed by atoms with Gasteiger partial charge in [-0.2, -0.15) is 0 Å². The van der Waals surface area contributed by atoms with Crippen LogP contribution in [0.5, 0.6) is 0 Å². The van der Waals surface area contributed by atoms with Gasteiger partial charge in [0, 0.05) is 13.0 Å². The number of rotatable bonds is 19. The molecule has 0 aromatic carbocycles. The minimum atomic E-state index is 0.973. The second-order valence-electron chi connectivity index (χ2n) is 8.01. The summed E-state index contributed by atoms with van der Waals surface area (Å²) in [4.78, 5) is 4.62. The second-order valence-corrected chi connectivity index (χ2v) is 8.01. The third-order valence-corrected chi connectivity index (χ3v) is 5.53. The molecule has 0 saturated carbocycles. The van der Waals surface area contributed by atoms with E-state index in [0.29, 0.717) is 0 Å². The number of nitrogens with one attached hydrogen (secondary N) is 1. The van der Waals surface area contributed by atoms with Crippen molar-refractivity contribution in [2.75, 3.05) is 19.6 Å². The SMILES string of the molecule is CCCCCCCCCCCCCCCCCCC1=NCCN1NCC. The Balaban J connectivity index is 1.75. The van der Waals surface area contributed by atoms with Crippen molar-refractivity contribution in [1.82, 2.24) is 10.4 Å². The standard InChI is InChI=1S/C23H47N3/c1-3-5-6-7-8-9-10-11-12-13-14-15-16-17-18-19-20-23-24-21-22-26(23)25-4-2/h25H,3-22H2,1-2H3. The Morgan fingerprint density at radius 2 is 1.15 bits per heavy atom. The van der Waals surface area contributed by atoms with Crippen LogP contribution in [0, 0.1) is 0 Å². The molecule has 0 fully saturated rings. The van der Waals surface area contributed by atoms with E-state index in [-0.39, 0.29) is 0 Å². The average Bonchev–Trinajstić information content (AvgIpc) is 3.09. The number of hydrazine groups is 1. The largest absolute Gasteiger partial charge is 0.294 e. The lowest BCUT2D eigenvalue weighted by Gasteiger charge is -2.20. The van der Waals surface area contributed by atoms with Gasteiger partial charge >= 0.3 is 0 Å². The van der Waals surface area contributed by atoms with Gasteiger partial charge in [-0.1, -0.05) is 110 Å². The molecule has 154 valence electrons. The predicted molar refractivity (Wildman–Crippen MR) is 117 cm³/mol. The molecule has 0 spiro atoms. The van der Waals surface area contributed by atoms with Crippen molar-refractivity contribution in [3.05, 3.63) is 0 Å². The molecule has 0 amide bonds. The molecule has 0 saturated heterocycles. The third-order valence-electron chi connectivity index (χ3n) is 5.53. The summed E-state index contributed by atoms with van der Waals surface area (Å²) in [6.45, 7) is 7.48. The van der Waals surface area contributed by atoms with Gasteiger partial charge in [0.2, 0.25) is 0 Å². The Bertz CT molecular complexity index is 327. The molecule has 0 bridgehead atoms. The van der Waals surface area contributed by atoms with Crippen LogP contribution in [0.3, 0.4) is 0 Å². The van der Waals surface area contributed by atoms with Crippen LogP contribution in [-0.4, -0.2) is 30.5 Å². The molecule has 0 aliphatic carbocycles. The van der Waals surface area contributed by atoms with Crippen molar-refractivity contribution in [2.24, 2.45) is 4.99 Å². The molecule has 0 aromatic rings. The van der Waals surface area contributed by atoms with E-state index in [0.717, 1.165) is 26.1 Å². The maximum atomic E-state index is 4.62. The van der Waals surface area contributed by atoms with Crippen LogP contribution in [-0.2, 0) is 0 Å². The average molecular weight is 366 g/mol. The van der Waals surface area contributed by atoms with E-state index >= 15 is 0 Å². The van der Waals surface area contributed by atoms with Crippen molar-refractivity contribution >= 4 is 5.84 Å². The maximum absolute atomic E-state index is 4.62. The normalized spacial score (nSPS) is 14.2. The van der Waals surface area contributed by atoms with Gasteiger partial charge < -0.3 is 0 Å². The number of nitrogens with zero attached hydrogens (tertiary/aromatic N) is 2. The molecular formula is C23H47N3. The Labute approximate surface area is 164 Å². The third kappa shape index (κ3) is 12.7. The summed E-state index contributed by atoms with van der Waals surface area (Å²) in [5.41, 5.74) is 3.40. The fourth-order valence-electron chi connectivity index (χ4n) is 3.90. The van der Waals surface area contributed by atoms with Crippen molar-refractivity contribution in [1.29, 1.82) is 0 Å². The van der Waals surface area contributed by atoms with Crippen LogP contribution < -0.4 is 5.43 Å². The summed E-state index contributed by atoms with van der Waals surface area (Å²) in [7, 11) is 0. The highest BCUT2D eigenvalue weighted by Gasteiger charge is 2.14. The Morgan fingerprint density at radius 3 is 1.62 bits per heavy atom. The molecule has 0 unspecified atom stereocenters. The molecular weight excluding hydrogens is 318 g/mol. The van der Waals surface area contributed by atoms with E-state index in [2.05, 4.69) is 29.3 Å². The topological polar surface area (TPSA) is 27.6 Å². The molecule has 0 aromatic heterocycles. The molecule has 1 heterocycles. The summed E-state index contributed by atoms with van der Waals surface area (Å²) in [6.07, 6.45) is 24.1. The predicted octanol–water partition coefficient (Wildman–Crippen LogP) is 6.88. The van der Waals surface area contributed by atoms with Gasteiger partial charge in [-0.25, -0.2) is 5.43 Å². The summed E-state index contributed by atoms with van der Waals surface area (Å²) < 4.78 is 0. The minimum absolute atomic E-state index is 0.973. The van der Waals surface area contributed by atoms with Crippen molar-refractivity contribution < 1.29 is 0 Å². The number of hydrogen-bond acceptors (Lipinski definition) is 3. The first-order valence-electron chi connectivity index (χ1n) is 11.9. The molecule has 0 atom stereocenters. The molecule has 3 nitrogen and oxygen atoms in total. The van der Waals surface area contributed by atoms with E-state index in [1.54, 1.807) is 0 Å². The van der Waals surface area contributed by atoms with E-state index < -0.39 is 0 Å². The van der Waals surface area contributed by atoms with E-state index in [9.17, 15) is 0 Å². The lowest BCUT2D eigenvalue weighted by atomic mass is 10.0. The Morgan fingerprint density at radius 1 is 0.692 bits per heavy atom. The summed E-state index contributed by atoms with van der Waals surface area (Å²) in [5, 5.41) is 2.26. The Kier molecular flexibility index (Phi) is 16.1. The zero-order valence-corrected chi connectivity index (χ0v) is 18.0. The fourth-order valence-corrected chi connectivity index (χ4v) is 3.90. The van der Waals surface area contributed by atoms with Gasteiger partial charge in [-0.15, -0.1) is 0 Å². The zero-order valence-electron chi connectivity index (χ0n) is 18.0. The number of hydrogen-bond donors (Lipinski definition) is 1. The van der Waals surface area contributed by atoms with E-state index in [4.69, 9.17) is 0 Å². The number of amidine groups is 1. The lowest BCUT2D eigenvalue weighted by Crippen LogP contribution is -2.40. The maximum Gasteiger partial charge on any atom is 0.113 e. The highest BCUT2D eigenvalue weighted by molar-refractivity contribution is 5.83.